The minimum atomic E-state index is -0.0630. The van der Waals surface area contributed by atoms with Gasteiger partial charge in [-0.05, 0) is 49.2 Å². The molecule has 4 rings (SSSR count). The summed E-state index contributed by atoms with van der Waals surface area (Å²) in [6, 6.07) is 13.4. The first-order valence-corrected chi connectivity index (χ1v) is 8.67. The summed E-state index contributed by atoms with van der Waals surface area (Å²) in [6.45, 7) is 3.24. The first-order chi connectivity index (χ1) is 12.3. The lowest BCUT2D eigenvalue weighted by molar-refractivity contribution is 0.0688. The van der Waals surface area contributed by atoms with Gasteiger partial charge in [-0.3, -0.25) is 9.78 Å². The Morgan fingerprint density at radius 2 is 2.20 bits per heavy atom. The zero-order valence-electron chi connectivity index (χ0n) is 14.0. The first kappa shape index (κ1) is 15.8. The number of amides is 1. The van der Waals surface area contributed by atoms with E-state index in [9.17, 15) is 4.79 Å². The van der Waals surface area contributed by atoms with E-state index >= 15 is 0 Å². The van der Waals surface area contributed by atoms with Crippen molar-refractivity contribution in [1.82, 2.24) is 15.2 Å². The lowest BCUT2D eigenvalue weighted by atomic mass is 10.1. The van der Waals surface area contributed by atoms with Gasteiger partial charge in [0.1, 0.15) is 5.58 Å². The van der Waals surface area contributed by atoms with Crippen LogP contribution >= 0.6 is 0 Å². The molecule has 1 atom stereocenters. The van der Waals surface area contributed by atoms with Crippen molar-refractivity contribution in [3.8, 4) is 0 Å². The highest BCUT2D eigenvalue weighted by molar-refractivity contribution is 5.96. The molecule has 1 aliphatic heterocycles. The predicted molar refractivity (Wildman–Crippen MR) is 96.2 cm³/mol. The number of benzene rings is 1. The number of carbonyl (C=O) groups excluding carboxylic acids is 1. The highest BCUT2D eigenvalue weighted by Crippen LogP contribution is 2.22. The van der Waals surface area contributed by atoms with E-state index in [0.29, 0.717) is 18.2 Å². The van der Waals surface area contributed by atoms with Gasteiger partial charge in [0.15, 0.2) is 5.76 Å². The van der Waals surface area contributed by atoms with E-state index < -0.39 is 0 Å². The lowest BCUT2D eigenvalue weighted by Crippen LogP contribution is -2.35. The lowest BCUT2D eigenvalue weighted by Gasteiger charge is -2.24. The van der Waals surface area contributed by atoms with Gasteiger partial charge in [-0.1, -0.05) is 24.3 Å². The summed E-state index contributed by atoms with van der Waals surface area (Å²) in [7, 11) is 0. The van der Waals surface area contributed by atoms with Gasteiger partial charge in [0.05, 0.1) is 0 Å². The smallest absolute Gasteiger partial charge is 0.289 e. The molecule has 5 nitrogen and oxygen atoms in total. The second kappa shape index (κ2) is 7.07. The topological polar surface area (TPSA) is 58.4 Å². The number of nitrogens with one attached hydrogen (secondary N) is 1. The third-order valence-corrected chi connectivity index (χ3v) is 4.66. The number of nitrogens with zero attached hydrogens (tertiary/aromatic N) is 2. The Labute approximate surface area is 146 Å². The van der Waals surface area contributed by atoms with E-state index in [4.69, 9.17) is 4.42 Å². The van der Waals surface area contributed by atoms with Gasteiger partial charge in [-0.2, -0.15) is 0 Å². The molecule has 1 fully saturated rings. The van der Waals surface area contributed by atoms with Crippen LogP contribution < -0.4 is 5.32 Å². The van der Waals surface area contributed by atoms with Gasteiger partial charge >= 0.3 is 0 Å². The van der Waals surface area contributed by atoms with Crippen LogP contribution in [0.5, 0.6) is 0 Å². The average Bonchev–Trinajstić information content (AvgIpc) is 3.30. The summed E-state index contributed by atoms with van der Waals surface area (Å²) in [5.41, 5.74) is 1.77. The van der Waals surface area contributed by atoms with Crippen LogP contribution in [0.2, 0.25) is 0 Å². The average molecular weight is 335 g/mol. The molecular formula is C20H21N3O2. The van der Waals surface area contributed by atoms with Gasteiger partial charge < -0.3 is 14.6 Å². The number of furan rings is 1. The molecule has 3 aromatic rings. The van der Waals surface area contributed by atoms with Crippen molar-refractivity contribution in [3.63, 3.8) is 0 Å². The molecule has 1 aromatic carbocycles. The second-order valence-electron chi connectivity index (χ2n) is 6.55. The quantitative estimate of drug-likeness (QED) is 0.778. The van der Waals surface area contributed by atoms with E-state index in [-0.39, 0.29) is 5.91 Å². The fraction of sp³-hybridized carbons (Fsp3) is 0.300. The van der Waals surface area contributed by atoms with Crippen LogP contribution in [0.15, 0.2) is 59.3 Å². The summed E-state index contributed by atoms with van der Waals surface area (Å²) in [5, 5.41) is 4.32. The summed E-state index contributed by atoms with van der Waals surface area (Å²) in [4.78, 5) is 19.1. The monoisotopic (exact) mass is 335 g/mol. The predicted octanol–water partition coefficient (Wildman–Crippen LogP) is 3.08. The maximum atomic E-state index is 13.1. The SMILES string of the molecule is O=C(c1cc2ccccc2o1)N(Cc1cccnc1)CC1CCNC1. The Kier molecular flexibility index (Phi) is 4.48. The summed E-state index contributed by atoms with van der Waals surface area (Å²) >= 11 is 0. The molecule has 1 aliphatic rings. The maximum Gasteiger partial charge on any atom is 0.289 e. The molecule has 5 heteroatoms. The van der Waals surface area contributed by atoms with Crippen LogP contribution in [-0.2, 0) is 6.54 Å². The number of aromatic nitrogens is 1. The Morgan fingerprint density at radius 1 is 1.28 bits per heavy atom. The maximum absolute atomic E-state index is 13.1. The van der Waals surface area contributed by atoms with Crippen LogP contribution in [0.3, 0.4) is 0 Å². The minimum absolute atomic E-state index is 0.0630. The van der Waals surface area contributed by atoms with E-state index in [0.717, 1.165) is 42.6 Å². The van der Waals surface area contributed by atoms with Crippen molar-refractivity contribution >= 4 is 16.9 Å². The molecule has 0 aliphatic carbocycles. The molecule has 25 heavy (non-hydrogen) atoms. The van der Waals surface area contributed by atoms with Crippen LogP contribution in [0.4, 0.5) is 0 Å². The number of carbonyl (C=O) groups is 1. The molecule has 2 aromatic heterocycles. The van der Waals surface area contributed by atoms with Crippen LogP contribution in [0.1, 0.15) is 22.5 Å². The van der Waals surface area contributed by atoms with Gasteiger partial charge in [-0.15, -0.1) is 0 Å². The molecule has 3 heterocycles. The third-order valence-electron chi connectivity index (χ3n) is 4.66. The van der Waals surface area contributed by atoms with Gasteiger partial charge in [-0.25, -0.2) is 0 Å². The Hall–Kier alpha value is -2.66. The molecule has 0 saturated carbocycles. The third kappa shape index (κ3) is 3.56. The fourth-order valence-electron chi connectivity index (χ4n) is 3.36. The van der Waals surface area contributed by atoms with Crippen LogP contribution in [-0.4, -0.2) is 35.4 Å². The highest BCUT2D eigenvalue weighted by Gasteiger charge is 2.25. The number of hydrogen-bond donors (Lipinski definition) is 1. The highest BCUT2D eigenvalue weighted by atomic mass is 16.3. The Morgan fingerprint density at radius 3 is 2.96 bits per heavy atom. The normalized spacial score (nSPS) is 17.0. The molecule has 1 amide bonds. The van der Waals surface area contributed by atoms with Gasteiger partial charge in [0, 0.05) is 30.9 Å². The fourth-order valence-corrected chi connectivity index (χ4v) is 3.36. The molecule has 0 radical (unpaired) electrons. The first-order valence-electron chi connectivity index (χ1n) is 8.67. The van der Waals surface area contributed by atoms with E-state index in [1.807, 2.05) is 53.6 Å². The standard InChI is InChI=1S/C20H21N3O2/c24-20(19-10-17-5-1-2-6-18(17)25-19)23(14-16-7-9-22-12-16)13-15-4-3-8-21-11-15/h1-6,8,10-11,16,22H,7,9,12-14H2. The molecule has 1 unspecified atom stereocenters. The summed E-state index contributed by atoms with van der Waals surface area (Å²) < 4.78 is 5.79. The zero-order chi connectivity index (χ0) is 17.1. The van der Waals surface area contributed by atoms with Crippen molar-refractivity contribution in [1.29, 1.82) is 0 Å². The van der Waals surface area contributed by atoms with Crippen molar-refractivity contribution in [2.45, 2.75) is 13.0 Å². The number of hydrogen-bond acceptors (Lipinski definition) is 4. The van der Waals surface area contributed by atoms with E-state index in [2.05, 4.69) is 10.3 Å². The Balaban J connectivity index is 1.59. The molecule has 0 bridgehead atoms. The van der Waals surface area contributed by atoms with Crippen LogP contribution in [0.25, 0.3) is 11.0 Å². The number of pyridine rings is 1. The summed E-state index contributed by atoms with van der Waals surface area (Å²) in [5.74, 6) is 0.813. The van der Waals surface area contributed by atoms with E-state index in [1.165, 1.54) is 0 Å². The largest absolute Gasteiger partial charge is 0.451 e. The molecule has 1 saturated heterocycles. The van der Waals surface area contributed by atoms with Crippen molar-refractivity contribution in [2.24, 2.45) is 5.92 Å². The molecule has 0 spiro atoms. The van der Waals surface area contributed by atoms with Crippen LogP contribution in [0, 0.1) is 5.92 Å². The summed E-state index contributed by atoms with van der Waals surface area (Å²) in [6.07, 6.45) is 4.65. The second-order valence-corrected chi connectivity index (χ2v) is 6.55. The van der Waals surface area contributed by atoms with Crippen molar-refractivity contribution in [3.05, 3.63) is 66.2 Å². The van der Waals surface area contributed by atoms with E-state index in [1.54, 1.807) is 6.20 Å². The molecule has 1 N–H and O–H groups in total. The molecule has 128 valence electrons. The van der Waals surface area contributed by atoms with Crippen molar-refractivity contribution < 1.29 is 9.21 Å². The Bertz CT molecular complexity index is 821. The van der Waals surface area contributed by atoms with Gasteiger partial charge in [0.25, 0.3) is 5.91 Å². The minimum Gasteiger partial charge on any atom is -0.451 e. The number of rotatable bonds is 5. The number of para-hydroxylation sites is 1. The van der Waals surface area contributed by atoms with Gasteiger partial charge in [0.2, 0.25) is 0 Å². The molecular weight excluding hydrogens is 314 g/mol. The zero-order valence-corrected chi connectivity index (χ0v) is 14.0. The van der Waals surface area contributed by atoms with Crippen molar-refractivity contribution in [2.75, 3.05) is 19.6 Å². The number of fused-ring (bicyclic) bond motifs is 1.